The number of anilines is 3. The Morgan fingerprint density at radius 1 is 1.43 bits per heavy atom. The first-order valence-electron chi connectivity index (χ1n) is 6.53. The monoisotopic (exact) mass is 336 g/mol. The maximum absolute atomic E-state index is 11.4. The maximum atomic E-state index is 11.4. The molecule has 0 saturated carbocycles. The van der Waals surface area contributed by atoms with E-state index >= 15 is 0 Å². The van der Waals surface area contributed by atoms with E-state index in [1.807, 2.05) is 0 Å². The quantitative estimate of drug-likeness (QED) is 0.638. The van der Waals surface area contributed by atoms with Gasteiger partial charge in [0.1, 0.15) is 6.20 Å². The van der Waals surface area contributed by atoms with Gasteiger partial charge in [0, 0.05) is 17.3 Å². The first kappa shape index (κ1) is 16.4. The van der Waals surface area contributed by atoms with Gasteiger partial charge in [-0.2, -0.15) is 4.98 Å². The summed E-state index contributed by atoms with van der Waals surface area (Å²) in [5, 5.41) is 14.5. The molecule has 0 aliphatic rings. The number of nitrogens with zero attached hydrogens (tertiary/aromatic N) is 4. The number of carbonyl (C=O) groups is 1. The van der Waals surface area contributed by atoms with Crippen molar-refractivity contribution < 1.29 is 9.72 Å². The number of hydrogen-bond donors (Lipinski definition) is 2. The predicted octanol–water partition coefficient (Wildman–Crippen LogP) is 2.69. The van der Waals surface area contributed by atoms with Crippen molar-refractivity contribution in [2.45, 2.75) is 6.92 Å². The van der Waals surface area contributed by atoms with Crippen LogP contribution in [0.2, 0.25) is 5.02 Å². The van der Waals surface area contributed by atoms with E-state index in [1.165, 1.54) is 0 Å². The number of urea groups is 1. The summed E-state index contributed by atoms with van der Waals surface area (Å²) in [5.41, 5.74) is 5.46. The Kier molecular flexibility index (Phi) is 4.91. The Hall–Kier alpha value is -2.94. The van der Waals surface area contributed by atoms with Crippen LogP contribution in [0.5, 0.6) is 0 Å². The van der Waals surface area contributed by atoms with Crippen LogP contribution < -0.4 is 16.0 Å². The summed E-state index contributed by atoms with van der Waals surface area (Å²) < 4.78 is 0. The van der Waals surface area contributed by atoms with Crippen molar-refractivity contribution in [3.05, 3.63) is 45.6 Å². The summed E-state index contributed by atoms with van der Waals surface area (Å²) in [6.07, 6.45) is 1.02. The van der Waals surface area contributed by atoms with Gasteiger partial charge in [-0.1, -0.05) is 11.6 Å². The summed E-state index contributed by atoms with van der Waals surface area (Å²) in [6.45, 7) is 1.76. The van der Waals surface area contributed by atoms with Gasteiger partial charge in [-0.15, -0.1) is 0 Å². The molecule has 0 saturated heterocycles. The second-order valence-corrected chi connectivity index (χ2v) is 4.81. The molecule has 0 bridgehead atoms. The molecule has 0 aliphatic heterocycles. The fourth-order valence-corrected chi connectivity index (χ4v) is 1.95. The highest BCUT2D eigenvalue weighted by Crippen LogP contribution is 2.27. The molecule has 1 heterocycles. The maximum Gasteiger partial charge on any atom is 0.330 e. The Labute approximate surface area is 136 Å². The standard InChI is InChI=1S/C13H13ClN6O3/c1-2-19(12(15)21)11-10(20(22)23)7-16-13(18-11)17-9-5-3-8(14)4-6-9/h3-7H,2H2,1H3,(H2,15,21)(H,16,17,18). The second kappa shape index (κ2) is 6.88. The van der Waals surface area contributed by atoms with Crippen molar-refractivity contribution in [2.24, 2.45) is 5.73 Å². The smallest absolute Gasteiger partial charge is 0.330 e. The van der Waals surface area contributed by atoms with Gasteiger partial charge in [-0.05, 0) is 31.2 Å². The third-order valence-electron chi connectivity index (χ3n) is 2.89. The first-order valence-corrected chi connectivity index (χ1v) is 6.91. The lowest BCUT2D eigenvalue weighted by Gasteiger charge is -2.17. The van der Waals surface area contributed by atoms with Gasteiger partial charge in [0.2, 0.25) is 11.8 Å². The van der Waals surface area contributed by atoms with E-state index in [1.54, 1.807) is 31.2 Å². The zero-order valence-electron chi connectivity index (χ0n) is 12.1. The average molecular weight is 337 g/mol. The van der Waals surface area contributed by atoms with Crippen LogP contribution in [0.4, 0.5) is 27.9 Å². The summed E-state index contributed by atoms with van der Waals surface area (Å²) in [5.74, 6) is -0.0796. The van der Waals surface area contributed by atoms with Gasteiger partial charge in [0.05, 0.1) is 4.92 Å². The van der Waals surface area contributed by atoms with Gasteiger partial charge in [0.25, 0.3) is 0 Å². The normalized spacial score (nSPS) is 10.2. The van der Waals surface area contributed by atoms with Crippen molar-refractivity contribution in [1.29, 1.82) is 0 Å². The second-order valence-electron chi connectivity index (χ2n) is 4.37. The molecule has 1 aromatic carbocycles. The Balaban J connectivity index is 2.41. The van der Waals surface area contributed by atoms with E-state index < -0.39 is 16.6 Å². The van der Waals surface area contributed by atoms with Crippen LogP contribution in [0.1, 0.15) is 6.92 Å². The highest BCUT2D eigenvalue weighted by molar-refractivity contribution is 6.30. The lowest BCUT2D eigenvalue weighted by atomic mass is 10.3. The first-order chi connectivity index (χ1) is 10.9. The SMILES string of the molecule is CCN(C(N)=O)c1nc(Nc2ccc(Cl)cc2)ncc1[N+](=O)[O-]. The van der Waals surface area contributed by atoms with Gasteiger partial charge in [0.15, 0.2) is 0 Å². The van der Waals surface area contributed by atoms with Crippen molar-refractivity contribution in [3.8, 4) is 0 Å². The molecule has 3 N–H and O–H groups in total. The predicted molar refractivity (Wildman–Crippen MR) is 86.0 cm³/mol. The van der Waals surface area contributed by atoms with E-state index in [0.29, 0.717) is 10.7 Å². The van der Waals surface area contributed by atoms with Crippen molar-refractivity contribution in [1.82, 2.24) is 9.97 Å². The molecule has 1 aromatic heterocycles. The Morgan fingerprint density at radius 3 is 2.61 bits per heavy atom. The molecule has 9 nitrogen and oxygen atoms in total. The number of hydrogen-bond acceptors (Lipinski definition) is 6. The van der Waals surface area contributed by atoms with Crippen LogP contribution in [-0.2, 0) is 0 Å². The number of nitrogens with two attached hydrogens (primary N) is 1. The van der Waals surface area contributed by atoms with Gasteiger partial charge >= 0.3 is 11.7 Å². The Morgan fingerprint density at radius 2 is 2.09 bits per heavy atom. The molecule has 0 radical (unpaired) electrons. The summed E-state index contributed by atoms with van der Waals surface area (Å²) in [4.78, 5) is 30.8. The van der Waals surface area contributed by atoms with E-state index in [9.17, 15) is 14.9 Å². The average Bonchev–Trinajstić information content (AvgIpc) is 2.50. The lowest BCUT2D eigenvalue weighted by Crippen LogP contribution is -2.36. The summed E-state index contributed by atoms with van der Waals surface area (Å²) >= 11 is 5.80. The van der Waals surface area contributed by atoms with Crippen LogP contribution in [0.15, 0.2) is 30.5 Å². The zero-order valence-corrected chi connectivity index (χ0v) is 12.8. The van der Waals surface area contributed by atoms with Gasteiger partial charge in [-0.25, -0.2) is 9.78 Å². The third-order valence-corrected chi connectivity index (χ3v) is 3.14. The molecule has 0 aliphatic carbocycles. The van der Waals surface area contributed by atoms with Crippen LogP contribution in [0, 0.1) is 10.1 Å². The van der Waals surface area contributed by atoms with Crippen molar-refractivity contribution >= 4 is 40.8 Å². The van der Waals surface area contributed by atoms with Gasteiger partial charge < -0.3 is 11.1 Å². The van der Waals surface area contributed by atoms with Crippen molar-refractivity contribution in [3.63, 3.8) is 0 Å². The number of nitrogens with one attached hydrogen (secondary N) is 1. The fraction of sp³-hybridized carbons (Fsp3) is 0.154. The molecular formula is C13H13ClN6O3. The van der Waals surface area contributed by atoms with Crippen LogP contribution in [0.3, 0.4) is 0 Å². The number of benzene rings is 1. The molecule has 0 fully saturated rings. The Bertz CT molecular complexity index is 737. The molecule has 2 aromatic rings. The molecule has 120 valence electrons. The minimum Gasteiger partial charge on any atom is -0.351 e. The summed E-state index contributed by atoms with van der Waals surface area (Å²) in [6, 6.07) is 5.87. The summed E-state index contributed by atoms with van der Waals surface area (Å²) in [7, 11) is 0. The molecule has 2 rings (SSSR count). The number of aromatic nitrogens is 2. The number of primary amides is 1. The molecule has 0 spiro atoms. The zero-order chi connectivity index (χ0) is 17.0. The van der Waals surface area contributed by atoms with Crippen molar-refractivity contribution in [2.75, 3.05) is 16.8 Å². The molecule has 2 amide bonds. The van der Waals surface area contributed by atoms with Crippen LogP contribution >= 0.6 is 11.6 Å². The number of amides is 2. The largest absolute Gasteiger partial charge is 0.351 e. The third kappa shape index (κ3) is 3.83. The molecular weight excluding hydrogens is 324 g/mol. The van der Waals surface area contributed by atoms with Crippen LogP contribution in [0.25, 0.3) is 0 Å². The molecule has 0 unspecified atom stereocenters. The molecule has 23 heavy (non-hydrogen) atoms. The molecule has 10 heteroatoms. The van der Waals surface area contributed by atoms with E-state index in [-0.39, 0.29) is 18.3 Å². The fourth-order valence-electron chi connectivity index (χ4n) is 1.83. The van der Waals surface area contributed by atoms with E-state index in [0.717, 1.165) is 11.1 Å². The van der Waals surface area contributed by atoms with E-state index in [2.05, 4.69) is 15.3 Å². The minimum absolute atomic E-state index is 0.0904. The molecule has 0 atom stereocenters. The van der Waals surface area contributed by atoms with Crippen LogP contribution in [-0.4, -0.2) is 27.5 Å². The van der Waals surface area contributed by atoms with E-state index in [4.69, 9.17) is 17.3 Å². The highest BCUT2D eigenvalue weighted by Gasteiger charge is 2.25. The number of halogens is 1. The number of rotatable bonds is 5. The lowest BCUT2D eigenvalue weighted by molar-refractivity contribution is -0.384. The topological polar surface area (TPSA) is 127 Å². The minimum atomic E-state index is -0.841. The highest BCUT2D eigenvalue weighted by atomic mass is 35.5. The van der Waals surface area contributed by atoms with Gasteiger partial charge in [-0.3, -0.25) is 15.0 Å². The number of nitro groups is 1. The number of carbonyl (C=O) groups excluding carboxylic acids is 1.